The number of aliphatic imine (C=N–C) groups is 1. The topological polar surface area (TPSA) is 92.8 Å². The minimum absolute atomic E-state index is 0.350. The number of aromatic nitrogens is 1. The molecule has 0 aliphatic heterocycles. The molecule has 0 unspecified atom stereocenters. The summed E-state index contributed by atoms with van der Waals surface area (Å²) in [4.78, 5) is 22.8. The first kappa shape index (κ1) is 23.2. The van der Waals surface area contributed by atoms with Crippen LogP contribution in [0.1, 0.15) is 43.9 Å². The minimum Gasteiger partial charge on any atom is -0.444 e. The van der Waals surface area contributed by atoms with Gasteiger partial charge in [-0.05, 0) is 75.9 Å². The zero-order valence-corrected chi connectivity index (χ0v) is 18.6. The van der Waals surface area contributed by atoms with Crippen LogP contribution in [-0.2, 0) is 11.3 Å². The Balaban J connectivity index is 1.93. The Morgan fingerprint density at radius 2 is 1.93 bits per heavy atom. The maximum Gasteiger partial charge on any atom is 0.410 e. The summed E-state index contributed by atoms with van der Waals surface area (Å²) in [7, 11) is 0. The molecule has 0 fully saturated rings. The van der Waals surface area contributed by atoms with Crippen molar-refractivity contribution in [1.29, 1.82) is 0 Å². The molecule has 30 heavy (non-hydrogen) atoms. The third-order valence-corrected chi connectivity index (χ3v) is 4.11. The summed E-state index contributed by atoms with van der Waals surface area (Å²) in [6, 6.07) is 9.94. The zero-order chi connectivity index (χ0) is 22.1. The Morgan fingerprint density at radius 3 is 2.53 bits per heavy atom. The monoisotopic (exact) mass is 411 g/mol. The van der Waals surface area contributed by atoms with Gasteiger partial charge in [0.25, 0.3) is 0 Å². The number of nitrogens with one attached hydrogen (secondary N) is 1. The van der Waals surface area contributed by atoms with Crippen molar-refractivity contribution in [1.82, 2.24) is 9.88 Å². The van der Waals surface area contributed by atoms with Gasteiger partial charge in [-0.2, -0.15) is 0 Å². The van der Waals surface area contributed by atoms with Crippen LogP contribution in [0.2, 0.25) is 0 Å². The van der Waals surface area contributed by atoms with Gasteiger partial charge in [0.1, 0.15) is 5.60 Å². The number of hydrogen-bond donors (Lipinski definition) is 2. The molecule has 0 bridgehead atoms. The first-order valence-electron chi connectivity index (χ1n) is 10.1. The Hall–Kier alpha value is -3.09. The van der Waals surface area contributed by atoms with Crippen LogP contribution in [0.5, 0.6) is 0 Å². The molecule has 7 nitrogen and oxygen atoms in total. The van der Waals surface area contributed by atoms with Crippen molar-refractivity contribution < 1.29 is 9.53 Å². The molecule has 0 aliphatic carbocycles. The summed E-state index contributed by atoms with van der Waals surface area (Å²) in [6.07, 6.45) is 3.77. The van der Waals surface area contributed by atoms with E-state index in [-0.39, 0.29) is 6.09 Å². The molecule has 0 aliphatic rings. The summed E-state index contributed by atoms with van der Waals surface area (Å²) in [5, 5.41) is 3.12. The highest BCUT2D eigenvalue weighted by Crippen LogP contribution is 2.14. The smallest absolute Gasteiger partial charge is 0.410 e. The first-order valence-corrected chi connectivity index (χ1v) is 10.1. The second-order valence-electron chi connectivity index (χ2n) is 8.39. The SMILES string of the molecule is Cc1cc(C)cc(NC(N)=NCCCN(Cc2cccnc2)C(=O)OC(C)(C)C)c1. The van der Waals surface area contributed by atoms with Gasteiger partial charge in [-0.1, -0.05) is 12.1 Å². The maximum atomic E-state index is 12.6. The van der Waals surface area contributed by atoms with E-state index >= 15 is 0 Å². The number of hydrogen-bond acceptors (Lipinski definition) is 4. The van der Waals surface area contributed by atoms with Gasteiger partial charge in [-0.3, -0.25) is 9.98 Å². The lowest BCUT2D eigenvalue weighted by atomic mass is 10.1. The van der Waals surface area contributed by atoms with Gasteiger partial charge in [0.05, 0.1) is 6.54 Å². The standard InChI is InChI=1S/C23H33N5O2/c1-17-12-18(2)14-20(13-17)27-21(24)26-10-7-11-28(22(29)30-23(3,4)5)16-19-8-6-9-25-15-19/h6,8-9,12-15H,7,10-11,16H2,1-5H3,(H3,24,26,27). The van der Waals surface area contributed by atoms with Crippen LogP contribution >= 0.6 is 0 Å². The van der Waals surface area contributed by atoms with Crippen LogP contribution in [0.25, 0.3) is 0 Å². The molecule has 162 valence electrons. The third-order valence-electron chi connectivity index (χ3n) is 4.11. The van der Waals surface area contributed by atoms with Crippen LogP contribution in [0, 0.1) is 13.8 Å². The first-order chi connectivity index (χ1) is 14.1. The number of rotatable bonds is 7. The van der Waals surface area contributed by atoms with Crippen LogP contribution in [-0.4, -0.2) is 40.6 Å². The molecule has 1 aromatic heterocycles. The molecule has 0 radical (unpaired) electrons. The van der Waals surface area contributed by atoms with Crippen LogP contribution in [0.15, 0.2) is 47.7 Å². The predicted octanol–water partition coefficient (Wildman–Crippen LogP) is 4.25. The molecule has 2 rings (SSSR count). The molecule has 1 aromatic carbocycles. The van der Waals surface area contributed by atoms with Gasteiger partial charge in [0, 0.05) is 31.2 Å². The number of aryl methyl sites for hydroxylation is 2. The van der Waals surface area contributed by atoms with E-state index in [4.69, 9.17) is 10.5 Å². The Morgan fingerprint density at radius 1 is 1.23 bits per heavy atom. The lowest BCUT2D eigenvalue weighted by Crippen LogP contribution is -2.37. The normalized spacial score (nSPS) is 11.8. The lowest BCUT2D eigenvalue weighted by molar-refractivity contribution is 0.0232. The molecule has 1 amide bonds. The second-order valence-corrected chi connectivity index (χ2v) is 8.39. The number of nitrogens with zero attached hydrogens (tertiary/aromatic N) is 3. The Bertz CT molecular complexity index is 839. The highest BCUT2D eigenvalue weighted by atomic mass is 16.6. The molecule has 7 heteroatoms. The fourth-order valence-corrected chi connectivity index (χ4v) is 2.97. The van der Waals surface area contributed by atoms with Gasteiger partial charge in [0.2, 0.25) is 0 Å². The van der Waals surface area contributed by atoms with E-state index in [1.807, 2.05) is 58.9 Å². The van der Waals surface area contributed by atoms with Gasteiger partial charge in [0.15, 0.2) is 5.96 Å². The predicted molar refractivity (Wildman–Crippen MR) is 122 cm³/mol. The van der Waals surface area contributed by atoms with E-state index in [1.54, 1.807) is 17.3 Å². The number of amides is 1. The number of benzene rings is 1. The molecule has 2 aromatic rings. The third kappa shape index (κ3) is 8.51. The number of ether oxygens (including phenoxy) is 1. The largest absolute Gasteiger partial charge is 0.444 e. The summed E-state index contributed by atoms with van der Waals surface area (Å²) in [5.41, 5.74) is 9.65. The molecule has 1 heterocycles. The molecule has 0 spiro atoms. The Labute approximate surface area is 179 Å². The lowest BCUT2D eigenvalue weighted by Gasteiger charge is -2.27. The van der Waals surface area contributed by atoms with Crippen molar-refractivity contribution in [2.45, 2.75) is 53.2 Å². The number of anilines is 1. The molecule has 0 saturated heterocycles. The van der Waals surface area contributed by atoms with E-state index in [2.05, 4.69) is 21.4 Å². The van der Waals surface area contributed by atoms with Gasteiger partial charge in [-0.15, -0.1) is 0 Å². The quantitative estimate of drug-likeness (QED) is 0.404. The average Bonchev–Trinajstić information content (AvgIpc) is 2.62. The highest BCUT2D eigenvalue weighted by Gasteiger charge is 2.22. The maximum absolute atomic E-state index is 12.6. The van der Waals surface area contributed by atoms with Crippen LogP contribution in [0.3, 0.4) is 0 Å². The number of carbonyl (C=O) groups excluding carboxylic acids is 1. The number of nitrogens with two attached hydrogens (primary N) is 1. The second kappa shape index (κ2) is 10.6. The number of guanidine groups is 1. The molecule has 0 saturated carbocycles. The van der Waals surface area contributed by atoms with Crippen molar-refractivity contribution in [3.05, 3.63) is 59.4 Å². The molecular weight excluding hydrogens is 378 g/mol. The summed E-state index contributed by atoms with van der Waals surface area (Å²) >= 11 is 0. The fourth-order valence-electron chi connectivity index (χ4n) is 2.97. The molecule has 0 atom stereocenters. The molecular formula is C23H33N5O2. The minimum atomic E-state index is -0.553. The van der Waals surface area contributed by atoms with E-state index in [0.29, 0.717) is 32.0 Å². The number of carbonyl (C=O) groups is 1. The fraction of sp³-hybridized carbons (Fsp3) is 0.435. The van der Waals surface area contributed by atoms with E-state index < -0.39 is 5.60 Å². The average molecular weight is 412 g/mol. The van der Waals surface area contributed by atoms with Gasteiger partial charge < -0.3 is 20.7 Å². The van der Waals surface area contributed by atoms with Gasteiger partial charge in [-0.25, -0.2) is 4.79 Å². The van der Waals surface area contributed by atoms with Gasteiger partial charge >= 0.3 is 6.09 Å². The van der Waals surface area contributed by atoms with E-state index in [9.17, 15) is 4.79 Å². The van der Waals surface area contributed by atoms with E-state index in [1.165, 1.54) is 0 Å². The Kier molecular flexibility index (Phi) is 8.21. The summed E-state index contributed by atoms with van der Waals surface area (Å²) in [5.74, 6) is 0.357. The summed E-state index contributed by atoms with van der Waals surface area (Å²) in [6.45, 7) is 11.1. The number of pyridine rings is 1. The van der Waals surface area contributed by atoms with Crippen molar-refractivity contribution in [3.8, 4) is 0 Å². The van der Waals surface area contributed by atoms with Crippen molar-refractivity contribution in [2.24, 2.45) is 10.7 Å². The van der Waals surface area contributed by atoms with E-state index in [0.717, 1.165) is 22.4 Å². The van der Waals surface area contributed by atoms with Crippen LogP contribution < -0.4 is 11.1 Å². The summed E-state index contributed by atoms with van der Waals surface area (Å²) < 4.78 is 5.55. The highest BCUT2D eigenvalue weighted by molar-refractivity contribution is 5.92. The molecule has 3 N–H and O–H groups in total. The zero-order valence-electron chi connectivity index (χ0n) is 18.6. The van der Waals surface area contributed by atoms with Crippen LogP contribution in [0.4, 0.5) is 10.5 Å². The van der Waals surface area contributed by atoms with Crippen molar-refractivity contribution in [3.63, 3.8) is 0 Å². The van der Waals surface area contributed by atoms with Crippen molar-refractivity contribution >= 4 is 17.7 Å². The van der Waals surface area contributed by atoms with Crippen molar-refractivity contribution in [2.75, 3.05) is 18.4 Å².